The molecule has 1 saturated carbocycles. The van der Waals surface area contributed by atoms with E-state index in [9.17, 15) is 19.8 Å². The van der Waals surface area contributed by atoms with Crippen LogP contribution in [0.25, 0.3) is 0 Å². The Labute approximate surface area is 302 Å². The van der Waals surface area contributed by atoms with Crippen molar-refractivity contribution < 1.29 is 29.3 Å². The minimum atomic E-state index is -0.282. The second-order valence-corrected chi connectivity index (χ2v) is 14.4. The van der Waals surface area contributed by atoms with Gasteiger partial charge in [0.25, 0.3) is 5.91 Å². The van der Waals surface area contributed by atoms with Crippen LogP contribution in [0.5, 0.6) is 17.2 Å². The summed E-state index contributed by atoms with van der Waals surface area (Å²) >= 11 is 0. The number of rotatable bonds is 17. The number of ether oxygens (including phenoxy) is 2. The summed E-state index contributed by atoms with van der Waals surface area (Å²) in [6.07, 6.45) is 6.47. The average Bonchev–Trinajstić information content (AvgIpc) is 3.67. The van der Waals surface area contributed by atoms with Crippen molar-refractivity contribution in [3.63, 3.8) is 0 Å². The Morgan fingerprint density at radius 3 is 2.57 bits per heavy atom. The number of likely N-dealkylation sites (tertiary alicyclic amines) is 1. The van der Waals surface area contributed by atoms with Crippen LogP contribution in [-0.2, 0) is 32.6 Å². The van der Waals surface area contributed by atoms with Gasteiger partial charge in [-0.1, -0.05) is 68.3 Å². The highest BCUT2D eigenvalue weighted by Gasteiger charge is 2.46. The van der Waals surface area contributed by atoms with Gasteiger partial charge in [0.05, 0.1) is 19.6 Å². The third kappa shape index (κ3) is 8.51. The van der Waals surface area contributed by atoms with Gasteiger partial charge < -0.3 is 40.1 Å². The van der Waals surface area contributed by atoms with Gasteiger partial charge in [0.15, 0.2) is 12.4 Å². The van der Waals surface area contributed by atoms with Crippen LogP contribution < -0.4 is 15.4 Å². The van der Waals surface area contributed by atoms with Gasteiger partial charge in [-0.3, -0.25) is 9.59 Å². The minimum Gasteiger partial charge on any atom is -0.508 e. The first kappa shape index (κ1) is 36.7. The summed E-state index contributed by atoms with van der Waals surface area (Å²) < 4.78 is 11.7. The lowest BCUT2D eigenvalue weighted by Gasteiger charge is -2.51. The fourth-order valence-corrected chi connectivity index (χ4v) is 8.13. The first-order valence-corrected chi connectivity index (χ1v) is 18.7. The fraction of sp³-hybridized carbons (Fsp3) is 0.512. The summed E-state index contributed by atoms with van der Waals surface area (Å²) in [6, 6.07) is 20.0. The molecule has 0 aromatic heterocycles. The van der Waals surface area contributed by atoms with Gasteiger partial charge in [0.2, 0.25) is 5.91 Å². The smallest absolute Gasteiger partial charge is 0.262 e. The predicted molar refractivity (Wildman–Crippen MR) is 199 cm³/mol. The van der Waals surface area contributed by atoms with E-state index in [4.69, 9.17) is 9.47 Å². The molecule has 6 rings (SSSR count). The molecule has 1 atom stereocenters. The molecule has 2 heterocycles. The standard InChI is InChI=1S/C41H54N4O6/c1-3-44-27-41(28-44,33-11-5-4-6-12-33)34-25-30(13-15-35(34)46)18-23-50-24-19-38(49)45(29(2)31-9-7-8-10-31)22-21-42-20-17-32-14-16-36(47)39-40(32)51-26-37(48)43-39/h4-6,11-16,25,29,31,42,46-47H,3,7-10,17-24,26-28H2,1-2H3,(H,43,48)/t29-/m1/s1. The van der Waals surface area contributed by atoms with Crippen LogP contribution in [0.3, 0.4) is 0 Å². The molecule has 2 fully saturated rings. The highest BCUT2D eigenvalue weighted by molar-refractivity contribution is 5.97. The van der Waals surface area contributed by atoms with Crippen molar-refractivity contribution in [1.29, 1.82) is 0 Å². The van der Waals surface area contributed by atoms with Gasteiger partial charge >= 0.3 is 0 Å². The van der Waals surface area contributed by atoms with Crippen LogP contribution in [0.15, 0.2) is 60.7 Å². The lowest BCUT2D eigenvalue weighted by atomic mass is 9.68. The van der Waals surface area contributed by atoms with E-state index in [2.05, 4.69) is 59.7 Å². The molecule has 274 valence electrons. The predicted octanol–water partition coefficient (Wildman–Crippen LogP) is 5.24. The molecule has 0 unspecified atom stereocenters. The van der Waals surface area contributed by atoms with Gasteiger partial charge in [-0.2, -0.15) is 0 Å². The van der Waals surface area contributed by atoms with E-state index in [1.165, 1.54) is 18.4 Å². The topological polar surface area (TPSA) is 124 Å². The Bertz CT molecular complexity index is 1640. The highest BCUT2D eigenvalue weighted by atomic mass is 16.5. The maximum Gasteiger partial charge on any atom is 0.262 e. The van der Waals surface area contributed by atoms with E-state index < -0.39 is 0 Å². The number of phenolic OH excluding ortho intramolecular Hbond substituents is 2. The molecule has 10 heteroatoms. The van der Waals surface area contributed by atoms with Crippen LogP contribution in [0.1, 0.15) is 68.2 Å². The first-order valence-electron chi connectivity index (χ1n) is 18.7. The number of nitrogens with one attached hydrogen (secondary N) is 2. The molecule has 0 spiro atoms. The molecule has 51 heavy (non-hydrogen) atoms. The maximum atomic E-state index is 13.6. The van der Waals surface area contributed by atoms with E-state index in [0.29, 0.717) is 75.2 Å². The molecule has 3 aliphatic rings. The van der Waals surface area contributed by atoms with Crippen molar-refractivity contribution in [3.8, 4) is 17.2 Å². The number of hydrogen-bond acceptors (Lipinski definition) is 8. The van der Waals surface area contributed by atoms with Crippen molar-refractivity contribution in [2.75, 3.05) is 64.4 Å². The number of carbonyl (C=O) groups excluding carboxylic acids is 2. The number of aromatic hydroxyl groups is 2. The Morgan fingerprint density at radius 1 is 1.04 bits per heavy atom. The maximum absolute atomic E-state index is 13.6. The number of amides is 2. The second kappa shape index (κ2) is 16.9. The van der Waals surface area contributed by atoms with Crippen LogP contribution in [0, 0.1) is 5.92 Å². The third-order valence-corrected chi connectivity index (χ3v) is 11.2. The van der Waals surface area contributed by atoms with Crippen molar-refractivity contribution in [3.05, 3.63) is 82.9 Å². The van der Waals surface area contributed by atoms with E-state index in [1.807, 2.05) is 29.2 Å². The summed E-state index contributed by atoms with van der Waals surface area (Å²) in [5.41, 5.74) is 4.33. The van der Waals surface area contributed by atoms with Gasteiger partial charge in [-0.15, -0.1) is 0 Å². The number of hydrogen-bond donors (Lipinski definition) is 4. The Morgan fingerprint density at radius 2 is 1.80 bits per heavy atom. The Balaban J connectivity index is 0.989. The molecule has 2 amide bonds. The summed E-state index contributed by atoms with van der Waals surface area (Å²) in [5.74, 6) is 1.21. The molecule has 4 N–H and O–H groups in total. The largest absolute Gasteiger partial charge is 0.508 e. The van der Waals surface area contributed by atoms with E-state index in [-0.39, 0.29) is 35.6 Å². The molecule has 3 aromatic carbocycles. The number of fused-ring (bicyclic) bond motifs is 1. The number of phenols is 2. The van der Waals surface area contributed by atoms with Gasteiger partial charge in [0, 0.05) is 43.2 Å². The van der Waals surface area contributed by atoms with Crippen LogP contribution in [0.2, 0.25) is 0 Å². The first-order chi connectivity index (χ1) is 24.8. The number of anilines is 1. The van der Waals surface area contributed by atoms with E-state index >= 15 is 0 Å². The molecule has 0 bridgehead atoms. The summed E-state index contributed by atoms with van der Waals surface area (Å²) in [6.45, 7) is 9.85. The molecule has 1 aliphatic carbocycles. The number of nitrogens with zero attached hydrogens (tertiary/aromatic N) is 2. The lowest BCUT2D eigenvalue weighted by molar-refractivity contribution is -0.135. The van der Waals surface area contributed by atoms with Crippen LogP contribution in [-0.4, -0.2) is 97.0 Å². The second-order valence-electron chi connectivity index (χ2n) is 14.4. The fourth-order valence-electron chi connectivity index (χ4n) is 8.13. The molecule has 0 radical (unpaired) electrons. The quantitative estimate of drug-likeness (QED) is 0.112. The average molecular weight is 699 g/mol. The highest BCUT2D eigenvalue weighted by Crippen LogP contribution is 2.45. The summed E-state index contributed by atoms with van der Waals surface area (Å²) in [7, 11) is 0. The molecule has 3 aromatic rings. The molecule has 10 nitrogen and oxygen atoms in total. The van der Waals surface area contributed by atoms with Crippen LogP contribution >= 0.6 is 0 Å². The Kier molecular flexibility index (Phi) is 12.2. The van der Waals surface area contributed by atoms with Gasteiger partial charge in [0.1, 0.15) is 17.2 Å². The van der Waals surface area contributed by atoms with E-state index in [1.54, 1.807) is 6.07 Å². The van der Waals surface area contributed by atoms with Crippen molar-refractivity contribution in [2.45, 2.75) is 70.3 Å². The Hall–Kier alpha value is -4.12. The SMILES string of the molecule is CCN1CC(c2ccccc2)(c2cc(CCOCCC(=O)N(CCNCCc3ccc(O)c4c3OCC(=O)N4)[C@H](C)C3CCCC3)ccc2O)C1. The monoisotopic (exact) mass is 698 g/mol. The minimum absolute atomic E-state index is 0.00687. The lowest BCUT2D eigenvalue weighted by Crippen LogP contribution is -2.59. The molecular weight excluding hydrogens is 644 g/mol. The molecule has 2 aliphatic heterocycles. The normalized spacial score (nSPS) is 17.6. The zero-order valence-electron chi connectivity index (χ0n) is 30.2. The van der Waals surface area contributed by atoms with Crippen LogP contribution in [0.4, 0.5) is 5.69 Å². The van der Waals surface area contributed by atoms with Crippen molar-refractivity contribution in [2.24, 2.45) is 5.92 Å². The zero-order chi connectivity index (χ0) is 35.8. The van der Waals surface area contributed by atoms with E-state index in [0.717, 1.165) is 49.2 Å². The molecule has 1 saturated heterocycles. The molecular formula is C41H54N4O6. The van der Waals surface area contributed by atoms with Crippen molar-refractivity contribution in [1.82, 2.24) is 15.1 Å². The summed E-state index contributed by atoms with van der Waals surface area (Å²) in [4.78, 5) is 29.8. The van der Waals surface area contributed by atoms with Gasteiger partial charge in [-0.05, 0) is 80.4 Å². The van der Waals surface area contributed by atoms with Gasteiger partial charge in [-0.25, -0.2) is 0 Å². The van der Waals surface area contributed by atoms with Crippen molar-refractivity contribution >= 4 is 17.5 Å². The number of carbonyl (C=O) groups is 2. The summed E-state index contributed by atoms with van der Waals surface area (Å²) in [5, 5.41) is 27.3. The number of likely N-dealkylation sites (N-methyl/N-ethyl adjacent to an activating group) is 1. The zero-order valence-corrected chi connectivity index (χ0v) is 30.2. The third-order valence-electron chi connectivity index (χ3n) is 11.2. The number of benzene rings is 3.